The molecule has 11 heteroatoms. The van der Waals surface area contributed by atoms with Gasteiger partial charge in [0.15, 0.2) is 5.16 Å². The maximum atomic E-state index is 13.2. The lowest BCUT2D eigenvalue weighted by atomic mass is 10.1. The van der Waals surface area contributed by atoms with Gasteiger partial charge < -0.3 is 10.1 Å². The number of hydrogen-bond donors (Lipinski definition) is 1. The van der Waals surface area contributed by atoms with Gasteiger partial charge in [-0.2, -0.15) is 13.2 Å². The Morgan fingerprint density at radius 1 is 1.24 bits per heavy atom. The first-order valence-electron chi connectivity index (χ1n) is 10.1. The second kappa shape index (κ2) is 11.0. The SMILES string of the molecule is CCOCCCn1c(SCC(=O)Nc2ccccc2C(F)(F)F)nc2cc(Cl)ccc2c1=O. The Morgan fingerprint density at radius 2 is 2.00 bits per heavy atom. The molecule has 0 saturated heterocycles. The summed E-state index contributed by atoms with van der Waals surface area (Å²) in [6, 6.07) is 9.46. The van der Waals surface area contributed by atoms with Crippen molar-refractivity contribution in [2.75, 3.05) is 24.3 Å². The first-order chi connectivity index (χ1) is 15.7. The summed E-state index contributed by atoms with van der Waals surface area (Å²) < 4.78 is 46.3. The molecule has 3 rings (SSSR count). The van der Waals surface area contributed by atoms with E-state index in [1.807, 2.05) is 6.92 Å². The van der Waals surface area contributed by atoms with Crippen molar-refractivity contribution in [3.8, 4) is 0 Å². The molecule has 1 aromatic heterocycles. The van der Waals surface area contributed by atoms with Crippen LogP contribution in [-0.2, 0) is 22.3 Å². The van der Waals surface area contributed by atoms with E-state index in [2.05, 4.69) is 10.3 Å². The maximum absolute atomic E-state index is 13.2. The maximum Gasteiger partial charge on any atom is 0.418 e. The predicted molar refractivity (Wildman–Crippen MR) is 123 cm³/mol. The highest BCUT2D eigenvalue weighted by atomic mass is 35.5. The molecule has 0 aliphatic rings. The van der Waals surface area contributed by atoms with Crippen LogP contribution in [0, 0.1) is 0 Å². The Labute approximate surface area is 197 Å². The second-order valence-electron chi connectivity index (χ2n) is 6.94. The quantitative estimate of drug-likeness (QED) is 0.248. The zero-order valence-electron chi connectivity index (χ0n) is 17.6. The molecule has 0 fully saturated rings. The van der Waals surface area contributed by atoms with Crippen molar-refractivity contribution in [3.05, 3.63) is 63.4 Å². The van der Waals surface area contributed by atoms with Crippen LogP contribution in [0.25, 0.3) is 10.9 Å². The van der Waals surface area contributed by atoms with Crippen LogP contribution in [0.1, 0.15) is 18.9 Å². The van der Waals surface area contributed by atoms with E-state index in [9.17, 15) is 22.8 Å². The number of rotatable bonds is 9. The van der Waals surface area contributed by atoms with Crippen molar-refractivity contribution in [3.63, 3.8) is 0 Å². The monoisotopic (exact) mass is 499 g/mol. The summed E-state index contributed by atoms with van der Waals surface area (Å²) in [5.41, 5.74) is -1.19. The highest BCUT2D eigenvalue weighted by molar-refractivity contribution is 7.99. The minimum absolute atomic E-state index is 0.240. The Kier molecular flexibility index (Phi) is 8.39. The standard InChI is InChI=1S/C22H21ClF3N3O3S/c1-2-32-11-5-10-29-20(31)15-9-8-14(23)12-18(15)28-21(29)33-13-19(30)27-17-7-4-3-6-16(17)22(24,25)26/h3-4,6-9,12H,2,5,10-11,13H2,1H3,(H,27,30). The minimum atomic E-state index is -4.60. The van der Waals surface area contributed by atoms with Crippen LogP contribution in [-0.4, -0.2) is 34.4 Å². The molecule has 0 saturated carbocycles. The number of nitrogens with one attached hydrogen (secondary N) is 1. The van der Waals surface area contributed by atoms with Crippen molar-refractivity contribution >= 4 is 45.9 Å². The molecular formula is C22H21ClF3N3O3S. The average molecular weight is 500 g/mol. The van der Waals surface area contributed by atoms with Gasteiger partial charge in [0, 0.05) is 24.8 Å². The van der Waals surface area contributed by atoms with Crippen molar-refractivity contribution in [1.82, 2.24) is 9.55 Å². The Balaban J connectivity index is 1.82. The lowest BCUT2D eigenvalue weighted by molar-refractivity contribution is -0.137. The van der Waals surface area contributed by atoms with Crippen LogP contribution < -0.4 is 10.9 Å². The summed E-state index contributed by atoms with van der Waals surface area (Å²) in [4.78, 5) is 29.9. The summed E-state index contributed by atoms with van der Waals surface area (Å²) >= 11 is 6.98. The van der Waals surface area contributed by atoms with Crippen molar-refractivity contribution in [1.29, 1.82) is 0 Å². The Morgan fingerprint density at radius 3 is 2.73 bits per heavy atom. The first-order valence-corrected chi connectivity index (χ1v) is 11.4. The van der Waals surface area contributed by atoms with E-state index in [-0.39, 0.29) is 22.2 Å². The topological polar surface area (TPSA) is 73.2 Å². The molecule has 0 radical (unpaired) electrons. The van der Waals surface area contributed by atoms with Gasteiger partial charge in [0.25, 0.3) is 5.56 Å². The third-order valence-corrected chi connectivity index (χ3v) is 5.81. The molecule has 0 spiro atoms. The van der Waals surface area contributed by atoms with Crippen molar-refractivity contribution in [2.45, 2.75) is 31.2 Å². The fourth-order valence-corrected chi connectivity index (χ4v) is 4.10. The largest absolute Gasteiger partial charge is 0.418 e. The number of fused-ring (bicyclic) bond motifs is 1. The fourth-order valence-electron chi connectivity index (χ4n) is 3.11. The first kappa shape index (κ1) is 25.1. The number of nitrogens with zero attached hydrogens (tertiary/aromatic N) is 2. The predicted octanol–water partition coefficient (Wildman–Crippen LogP) is 5.23. The van der Waals surface area contributed by atoms with Gasteiger partial charge in [-0.25, -0.2) is 4.98 Å². The lowest BCUT2D eigenvalue weighted by Crippen LogP contribution is -2.25. The van der Waals surface area contributed by atoms with Crippen LogP contribution in [0.5, 0.6) is 0 Å². The molecular weight excluding hydrogens is 479 g/mol. The van der Waals surface area contributed by atoms with Crippen LogP contribution in [0.2, 0.25) is 5.02 Å². The Hall–Kier alpha value is -2.56. The number of halogens is 4. The number of benzene rings is 2. The van der Waals surface area contributed by atoms with Gasteiger partial charge >= 0.3 is 6.18 Å². The number of carbonyl (C=O) groups excluding carboxylic acids is 1. The molecule has 3 aromatic rings. The van der Waals surface area contributed by atoms with Gasteiger partial charge in [-0.05, 0) is 43.7 Å². The summed E-state index contributed by atoms with van der Waals surface area (Å²) in [7, 11) is 0. The van der Waals surface area contributed by atoms with Gasteiger partial charge in [0.2, 0.25) is 5.91 Å². The van der Waals surface area contributed by atoms with Crippen LogP contribution in [0.3, 0.4) is 0 Å². The third-order valence-electron chi connectivity index (χ3n) is 4.60. The van der Waals surface area contributed by atoms with Crippen LogP contribution in [0.4, 0.5) is 18.9 Å². The minimum Gasteiger partial charge on any atom is -0.382 e. The van der Waals surface area contributed by atoms with E-state index in [0.717, 1.165) is 17.8 Å². The van der Waals surface area contributed by atoms with E-state index in [4.69, 9.17) is 16.3 Å². The number of alkyl halides is 3. The smallest absolute Gasteiger partial charge is 0.382 e. The average Bonchev–Trinajstić information content (AvgIpc) is 2.76. The van der Waals surface area contributed by atoms with Gasteiger partial charge in [-0.3, -0.25) is 14.2 Å². The second-order valence-corrected chi connectivity index (χ2v) is 8.32. The summed E-state index contributed by atoms with van der Waals surface area (Å²) in [6.07, 6.45) is -4.05. The molecule has 6 nitrogen and oxygen atoms in total. The molecule has 0 bridgehead atoms. The molecule has 0 unspecified atom stereocenters. The zero-order valence-corrected chi connectivity index (χ0v) is 19.2. The van der Waals surface area contributed by atoms with E-state index in [0.29, 0.717) is 42.1 Å². The van der Waals surface area contributed by atoms with Crippen LogP contribution >= 0.6 is 23.4 Å². The molecule has 0 aliphatic carbocycles. The van der Waals surface area contributed by atoms with Gasteiger partial charge in [0.05, 0.1) is 27.9 Å². The molecule has 33 heavy (non-hydrogen) atoms. The summed E-state index contributed by atoms with van der Waals surface area (Å²) in [6.45, 7) is 3.17. The van der Waals surface area contributed by atoms with Crippen molar-refractivity contribution < 1.29 is 22.7 Å². The molecule has 1 amide bonds. The highest BCUT2D eigenvalue weighted by Gasteiger charge is 2.33. The number of ether oxygens (including phenoxy) is 1. The number of amides is 1. The fraction of sp³-hybridized carbons (Fsp3) is 0.318. The van der Waals surface area contributed by atoms with E-state index in [1.54, 1.807) is 18.2 Å². The van der Waals surface area contributed by atoms with Crippen LogP contribution in [0.15, 0.2) is 52.4 Å². The van der Waals surface area contributed by atoms with Gasteiger partial charge in [-0.15, -0.1) is 0 Å². The molecule has 2 aromatic carbocycles. The number of para-hydroxylation sites is 1. The number of aromatic nitrogens is 2. The lowest BCUT2D eigenvalue weighted by Gasteiger charge is -2.15. The molecule has 1 heterocycles. The summed E-state index contributed by atoms with van der Waals surface area (Å²) in [5.74, 6) is -0.895. The molecule has 1 N–H and O–H groups in total. The number of hydrogen-bond acceptors (Lipinski definition) is 5. The number of anilines is 1. The van der Waals surface area contributed by atoms with E-state index >= 15 is 0 Å². The molecule has 0 aliphatic heterocycles. The molecule has 0 atom stereocenters. The number of carbonyl (C=O) groups is 1. The zero-order chi connectivity index (χ0) is 24.0. The molecule has 176 valence electrons. The normalized spacial score (nSPS) is 11.7. The van der Waals surface area contributed by atoms with Gasteiger partial charge in [-0.1, -0.05) is 35.5 Å². The Bertz CT molecular complexity index is 1200. The van der Waals surface area contributed by atoms with Gasteiger partial charge in [0.1, 0.15) is 0 Å². The van der Waals surface area contributed by atoms with E-state index < -0.39 is 17.6 Å². The van der Waals surface area contributed by atoms with E-state index in [1.165, 1.54) is 22.8 Å². The highest BCUT2D eigenvalue weighted by Crippen LogP contribution is 2.34. The van der Waals surface area contributed by atoms with Crippen molar-refractivity contribution in [2.24, 2.45) is 0 Å². The third kappa shape index (κ3) is 6.49. The number of thioether (sulfide) groups is 1. The summed E-state index contributed by atoms with van der Waals surface area (Å²) in [5, 5.41) is 3.34.